The second kappa shape index (κ2) is 6.21. The van der Waals surface area contributed by atoms with Crippen molar-refractivity contribution in [2.45, 2.75) is 27.3 Å². The number of nitrogens with one attached hydrogen (secondary N) is 2. The van der Waals surface area contributed by atoms with Gasteiger partial charge in [0.15, 0.2) is 0 Å². The lowest BCUT2D eigenvalue weighted by Gasteiger charge is -2.08. The predicted molar refractivity (Wildman–Crippen MR) is 78.4 cm³/mol. The summed E-state index contributed by atoms with van der Waals surface area (Å²) in [5, 5.41) is 20.9. The molecule has 0 aliphatic rings. The van der Waals surface area contributed by atoms with E-state index in [-0.39, 0.29) is 5.69 Å². The van der Waals surface area contributed by atoms with Crippen molar-refractivity contribution >= 4 is 17.3 Å². The van der Waals surface area contributed by atoms with E-state index >= 15 is 0 Å². The number of nitro groups is 1. The van der Waals surface area contributed by atoms with Crippen LogP contribution in [0, 0.1) is 24.0 Å². The third kappa shape index (κ3) is 3.47. The van der Waals surface area contributed by atoms with Gasteiger partial charge in [0.25, 0.3) is 5.69 Å². The number of aryl methyl sites for hydroxylation is 2. The molecule has 21 heavy (non-hydrogen) atoms. The van der Waals surface area contributed by atoms with Gasteiger partial charge >= 0.3 is 0 Å². The second-order valence-corrected chi connectivity index (χ2v) is 4.54. The third-order valence-electron chi connectivity index (χ3n) is 3.01. The molecule has 2 heterocycles. The van der Waals surface area contributed by atoms with Gasteiger partial charge in [-0.05, 0) is 20.8 Å². The highest BCUT2D eigenvalue weighted by molar-refractivity contribution is 5.54. The van der Waals surface area contributed by atoms with Crippen molar-refractivity contribution < 1.29 is 9.45 Å². The Morgan fingerprint density at radius 2 is 1.95 bits per heavy atom. The average molecular weight is 291 g/mol. The molecular weight excluding hydrogens is 274 g/mol. The van der Waals surface area contributed by atoms with Crippen LogP contribution < -0.4 is 10.6 Å². The molecule has 0 radical (unpaired) electrons. The molecule has 0 spiro atoms. The molecule has 8 nitrogen and oxygen atoms in total. The zero-order chi connectivity index (χ0) is 15.4. The lowest BCUT2D eigenvalue weighted by Crippen LogP contribution is -2.06. The number of aromatic nitrogens is 2. The number of nitrogens with zero attached hydrogens (tertiary/aromatic N) is 3. The molecular formula is C13H17N5O3. The molecule has 112 valence electrons. The van der Waals surface area contributed by atoms with E-state index in [1.165, 1.54) is 12.1 Å². The Morgan fingerprint density at radius 3 is 2.48 bits per heavy atom. The highest BCUT2D eigenvalue weighted by Gasteiger charge is 2.13. The number of pyridine rings is 1. The highest BCUT2D eigenvalue weighted by Crippen LogP contribution is 2.22. The molecule has 0 atom stereocenters. The summed E-state index contributed by atoms with van der Waals surface area (Å²) in [6.45, 7) is 6.65. The summed E-state index contributed by atoms with van der Waals surface area (Å²) in [4.78, 5) is 14.8. The van der Waals surface area contributed by atoms with Crippen molar-refractivity contribution in [2.75, 3.05) is 17.2 Å². The lowest BCUT2D eigenvalue weighted by molar-refractivity contribution is -0.384. The zero-order valence-electron chi connectivity index (χ0n) is 12.1. The first-order valence-electron chi connectivity index (χ1n) is 6.57. The van der Waals surface area contributed by atoms with Gasteiger partial charge in [0, 0.05) is 18.7 Å². The molecule has 2 N–H and O–H groups in total. The maximum Gasteiger partial charge on any atom is 0.276 e. The normalized spacial score (nSPS) is 10.4. The standard InChI is InChI=1S/C13H17N5O3/c1-4-14-12-5-10(18(19)20)6-13(16-12)15-7-11-8(2)17-21-9(11)3/h5-6H,4,7H2,1-3H3,(H2,14,15,16). The van der Waals surface area contributed by atoms with Gasteiger partial charge in [0.1, 0.15) is 17.4 Å². The minimum absolute atomic E-state index is 0.0118. The Labute approximate surface area is 121 Å². The van der Waals surface area contributed by atoms with E-state index in [0.29, 0.717) is 24.7 Å². The fraction of sp³-hybridized carbons (Fsp3) is 0.385. The Bertz CT molecular complexity index is 634. The van der Waals surface area contributed by atoms with Crippen molar-refractivity contribution in [1.82, 2.24) is 10.1 Å². The van der Waals surface area contributed by atoms with Crippen LogP contribution in [0.2, 0.25) is 0 Å². The number of hydrogen-bond donors (Lipinski definition) is 2. The zero-order valence-corrected chi connectivity index (χ0v) is 12.1. The lowest BCUT2D eigenvalue weighted by atomic mass is 10.2. The molecule has 2 aromatic rings. The van der Waals surface area contributed by atoms with Crippen molar-refractivity contribution in [2.24, 2.45) is 0 Å². The van der Waals surface area contributed by atoms with Crippen molar-refractivity contribution in [3.8, 4) is 0 Å². The van der Waals surface area contributed by atoms with Crippen LogP contribution >= 0.6 is 0 Å². The van der Waals surface area contributed by atoms with Crippen LogP contribution in [0.25, 0.3) is 0 Å². The van der Waals surface area contributed by atoms with Crippen molar-refractivity contribution in [1.29, 1.82) is 0 Å². The fourth-order valence-corrected chi connectivity index (χ4v) is 1.92. The van der Waals surface area contributed by atoms with Gasteiger partial charge in [-0.2, -0.15) is 0 Å². The SMILES string of the molecule is CCNc1cc([N+](=O)[O-])cc(NCc2c(C)noc2C)n1. The monoisotopic (exact) mass is 291 g/mol. The molecule has 2 aromatic heterocycles. The molecule has 8 heteroatoms. The summed E-state index contributed by atoms with van der Waals surface area (Å²) < 4.78 is 5.08. The Hall–Kier alpha value is -2.64. The number of rotatable bonds is 6. The van der Waals surface area contributed by atoms with Gasteiger partial charge in [-0.3, -0.25) is 10.1 Å². The first-order valence-corrected chi connectivity index (χ1v) is 6.57. The molecule has 0 amide bonds. The minimum atomic E-state index is -0.441. The Balaban J connectivity index is 2.20. The first kappa shape index (κ1) is 14.8. The number of hydrogen-bond acceptors (Lipinski definition) is 7. The minimum Gasteiger partial charge on any atom is -0.370 e. The van der Waals surface area contributed by atoms with Crippen molar-refractivity contribution in [3.05, 3.63) is 39.3 Å². The van der Waals surface area contributed by atoms with Crippen LogP contribution in [-0.4, -0.2) is 21.6 Å². The van der Waals surface area contributed by atoms with Gasteiger partial charge in [-0.15, -0.1) is 0 Å². The van der Waals surface area contributed by atoms with Gasteiger partial charge in [-0.1, -0.05) is 5.16 Å². The maximum absolute atomic E-state index is 10.9. The van der Waals surface area contributed by atoms with Crippen LogP contribution in [-0.2, 0) is 6.54 Å². The van der Waals surface area contributed by atoms with Gasteiger partial charge in [0.2, 0.25) is 0 Å². The largest absolute Gasteiger partial charge is 0.370 e. The Morgan fingerprint density at radius 1 is 1.29 bits per heavy atom. The van der Waals surface area contributed by atoms with E-state index in [4.69, 9.17) is 4.52 Å². The molecule has 0 saturated heterocycles. The van der Waals surface area contributed by atoms with Gasteiger partial charge < -0.3 is 15.2 Å². The van der Waals surface area contributed by atoms with Crippen LogP contribution in [0.5, 0.6) is 0 Å². The van der Waals surface area contributed by atoms with Crippen LogP contribution in [0.1, 0.15) is 23.9 Å². The average Bonchev–Trinajstić information content (AvgIpc) is 2.76. The quantitative estimate of drug-likeness (QED) is 0.622. The van der Waals surface area contributed by atoms with Gasteiger partial charge in [-0.25, -0.2) is 4.98 Å². The predicted octanol–water partition coefficient (Wildman–Crippen LogP) is 2.64. The van der Waals surface area contributed by atoms with E-state index in [1.54, 1.807) is 0 Å². The van der Waals surface area contributed by atoms with E-state index in [9.17, 15) is 10.1 Å². The molecule has 0 fully saturated rings. The van der Waals surface area contributed by atoms with Crippen LogP contribution in [0.4, 0.5) is 17.3 Å². The topological polar surface area (TPSA) is 106 Å². The second-order valence-electron chi connectivity index (χ2n) is 4.54. The van der Waals surface area contributed by atoms with Crippen LogP contribution in [0.3, 0.4) is 0 Å². The summed E-state index contributed by atoms with van der Waals surface area (Å²) >= 11 is 0. The summed E-state index contributed by atoms with van der Waals surface area (Å²) in [7, 11) is 0. The van der Waals surface area contributed by atoms with E-state index < -0.39 is 4.92 Å². The van der Waals surface area contributed by atoms with E-state index in [2.05, 4.69) is 20.8 Å². The molecule has 0 unspecified atom stereocenters. The summed E-state index contributed by atoms with van der Waals surface area (Å²) in [5.74, 6) is 1.62. The maximum atomic E-state index is 10.9. The molecule has 0 aliphatic heterocycles. The molecule has 2 rings (SSSR count). The molecule has 0 saturated carbocycles. The van der Waals surface area contributed by atoms with E-state index in [1.807, 2.05) is 20.8 Å². The molecule has 0 aliphatic carbocycles. The smallest absolute Gasteiger partial charge is 0.276 e. The molecule has 0 bridgehead atoms. The van der Waals surface area contributed by atoms with Crippen LogP contribution in [0.15, 0.2) is 16.7 Å². The van der Waals surface area contributed by atoms with Gasteiger partial charge in [0.05, 0.1) is 22.7 Å². The number of anilines is 2. The van der Waals surface area contributed by atoms with Crippen molar-refractivity contribution in [3.63, 3.8) is 0 Å². The Kier molecular flexibility index (Phi) is 4.36. The molecule has 0 aromatic carbocycles. The third-order valence-corrected chi connectivity index (χ3v) is 3.01. The fourth-order valence-electron chi connectivity index (χ4n) is 1.92. The summed E-state index contributed by atoms with van der Waals surface area (Å²) in [5.41, 5.74) is 1.70. The highest BCUT2D eigenvalue weighted by atomic mass is 16.6. The summed E-state index contributed by atoms with van der Waals surface area (Å²) in [6, 6.07) is 2.81. The summed E-state index contributed by atoms with van der Waals surface area (Å²) in [6.07, 6.45) is 0. The first-order chi connectivity index (χ1) is 10.0. The van der Waals surface area contributed by atoms with E-state index in [0.717, 1.165) is 17.0 Å².